The van der Waals surface area contributed by atoms with Crippen molar-refractivity contribution < 1.29 is 0 Å². The molecule has 15 heavy (non-hydrogen) atoms. The van der Waals surface area contributed by atoms with Crippen molar-refractivity contribution >= 4 is 16.8 Å². The zero-order valence-corrected chi connectivity index (χ0v) is 10.4. The van der Waals surface area contributed by atoms with Crippen LogP contribution in [0.4, 0.5) is 0 Å². The highest BCUT2D eigenvalue weighted by molar-refractivity contribution is 8.13. The van der Waals surface area contributed by atoms with E-state index in [1.54, 1.807) is 11.8 Å². The van der Waals surface area contributed by atoms with Gasteiger partial charge in [0.25, 0.3) is 0 Å². The Bertz CT molecular complexity index is 393. The first-order chi connectivity index (χ1) is 7.12. The fourth-order valence-corrected chi connectivity index (χ4v) is 2.69. The van der Waals surface area contributed by atoms with Crippen LogP contribution in [0.2, 0.25) is 0 Å². The molecule has 1 nitrogen and oxygen atoms in total. The summed E-state index contributed by atoms with van der Waals surface area (Å²) in [6.07, 6.45) is 4.38. The summed E-state index contributed by atoms with van der Waals surface area (Å²) in [7, 11) is 0. The molecule has 0 amide bonds. The van der Waals surface area contributed by atoms with Gasteiger partial charge in [-0.05, 0) is 38.5 Å². The van der Waals surface area contributed by atoms with E-state index in [0.717, 1.165) is 12.8 Å². The minimum absolute atomic E-state index is 0.0807. The molecule has 0 aromatic heterocycles. The van der Waals surface area contributed by atoms with Gasteiger partial charge in [-0.2, -0.15) is 0 Å². The Labute approximate surface area is 96.0 Å². The molecule has 0 spiro atoms. The molecule has 2 rings (SSSR count). The highest BCUT2D eigenvalue weighted by Crippen LogP contribution is 2.28. The molecule has 0 atom stereocenters. The molecule has 1 aliphatic rings. The van der Waals surface area contributed by atoms with E-state index in [4.69, 9.17) is 4.99 Å². The number of hydrogen-bond donors (Lipinski definition) is 0. The zero-order valence-electron chi connectivity index (χ0n) is 9.58. The van der Waals surface area contributed by atoms with Crippen LogP contribution in [0.5, 0.6) is 0 Å². The van der Waals surface area contributed by atoms with E-state index in [1.807, 2.05) is 0 Å². The van der Waals surface area contributed by atoms with Crippen molar-refractivity contribution in [3.8, 4) is 0 Å². The fourth-order valence-electron chi connectivity index (χ4n) is 1.93. The monoisotopic (exact) mass is 219 g/mol. The maximum atomic E-state index is 4.85. The number of aryl methyl sites for hydroxylation is 1. The van der Waals surface area contributed by atoms with Crippen LogP contribution < -0.4 is 0 Å². The van der Waals surface area contributed by atoms with Crippen molar-refractivity contribution in [3.05, 3.63) is 35.4 Å². The van der Waals surface area contributed by atoms with Gasteiger partial charge in [-0.25, -0.2) is 0 Å². The predicted molar refractivity (Wildman–Crippen MR) is 68.9 cm³/mol. The van der Waals surface area contributed by atoms with Crippen LogP contribution in [0, 0.1) is 0 Å². The molecule has 0 unspecified atom stereocenters. The second-order valence-corrected chi connectivity index (χ2v) is 5.39. The number of aliphatic imine (C=N–C) groups is 1. The van der Waals surface area contributed by atoms with Gasteiger partial charge in [0.15, 0.2) is 0 Å². The van der Waals surface area contributed by atoms with Crippen molar-refractivity contribution in [1.82, 2.24) is 0 Å². The molecule has 80 valence electrons. The van der Waals surface area contributed by atoms with Gasteiger partial charge in [-0.3, -0.25) is 4.99 Å². The molecule has 0 saturated carbocycles. The van der Waals surface area contributed by atoms with Crippen LogP contribution in [0.1, 0.15) is 31.4 Å². The third-order valence-corrected chi connectivity index (χ3v) is 3.55. The molecule has 0 radical (unpaired) electrons. The lowest BCUT2D eigenvalue weighted by atomic mass is 9.96. The van der Waals surface area contributed by atoms with Gasteiger partial charge in [-0.15, -0.1) is 11.8 Å². The largest absolute Gasteiger partial charge is 0.272 e. The maximum Gasteiger partial charge on any atom is 0.0983 e. The Hall–Kier alpha value is -0.760. The summed E-state index contributed by atoms with van der Waals surface area (Å²) in [6.45, 7) is 4.43. The van der Waals surface area contributed by atoms with E-state index >= 15 is 0 Å². The third kappa shape index (κ3) is 2.25. The fraction of sp³-hybridized carbons (Fsp3) is 0.462. The van der Waals surface area contributed by atoms with E-state index in [-0.39, 0.29) is 5.54 Å². The number of thioether (sulfide) groups is 1. The van der Waals surface area contributed by atoms with E-state index in [0.29, 0.717) is 0 Å². The molecule has 1 aromatic carbocycles. The van der Waals surface area contributed by atoms with Crippen LogP contribution in [-0.4, -0.2) is 16.8 Å². The van der Waals surface area contributed by atoms with Crippen molar-refractivity contribution in [2.45, 2.75) is 32.2 Å². The van der Waals surface area contributed by atoms with Crippen molar-refractivity contribution in [2.75, 3.05) is 6.26 Å². The van der Waals surface area contributed by atoms with Crippen LogP contribution >= 0.6 is 11.8 Å². The average Bonchev–Trinajstić information content (AvgIpc) is 2.36. The number of rotatable bonds is 0. The molecule has 2 heteroatoms. The van der Waals surface area contributed by atoms with Crippen LogP contribution in [0.15, 0.2) is 29.3 Å². The molecule has 0 saturated heterocycles. The zero-order chi connectivity index (χ0) is 10.9. The predicted octanol–water partition coefficient (Wildman–Crippen LogP) is 3.52. The van der Waals surface area contributed by atoms with Gasteiger partial charge in [0.1, 0.15) is 0 Å². The van der Waals surface area contributed by atoms with Gasteiger partial charge in [-0.1, -0.05) is 24.3 Å². The lowest BCUT2D eigenvalue weighted by Crippen LogP contribution is -2.17. The molecule has 1 aliphatic heterocycles. The molecule has 1 heterocycles. The highest BCUT2D eigenvalue weighted by Gasteiger charge is 2.22. The SMILES string of the molecule is CSC1=NC(C)(C)CCc2ccccc21. The summed E-state index contributed by atoms with van der Waals surface area (Å²) in [5.41, 5.74) is 2.85. The van der Waals surface area contributed by atoms with Crippen LogP contribution in [0.25, 0.3) is 0 Å². The molecular weight excluding hydrogens is 202 g/mol. The first-order valence-corrected chi connectivity index (χ1v) is 6.57. The average molecular weight is 219 g/mol. The second kappa shape index (κ2) is 4.01. The van der Waals surface area contributed by atoms with Crippen molar-refractivity contribution in [1.29, 1.82) is 0 Å². The summed E-state index contributed by atoms with van der Waals surface area (Å²) in [5, 5.41) is 1.19. The normalized spacial score (nSPS) is 19.0. The lowest BCUT2D eigenvalue weighted by Gasteiger charge is -2.17. The Balaban J connectivity index is 2.51. The molecule has 0 N–H and O–H groups in total. The highest BCUT2D eigenvalue weighted by atomic mass is 32.2. The Morgan fingerprint density at radius 1 is 1.27 bits per heavy atom. The number of benzene rings is 1. The molecule has 0 fully saturated rings. The van der Waals surface area contributed by atoms with Crippen molar-refractivity contribution in [2.24, 2.45) is 4.99 Å². The first-order valence-electron chi connectivity index (χ1n) is 5.34. The molecule has 1 aromatic rings. The molecule has 0 aliphatic carbocycles. The van der Waals surface area contributed by atoms with Gasteiger partial charge >= 0.3 is 0 Å². The topological polar surface area (TPSA) is 12.4 Å². The van der Waals surface area contributed by atoms with E-state index in [9.17, 15) is 0 Å². The standard InChI is InChI=1S/C13H17NS/c1-13(2)9-8-10-6-4-5-7-11(10)12(14-13)15-3/h4-7H,8-9H2,1-3H3. The number of fused-ring (bicyclic) bond motifs is 1. The quantitative estimate of drug-likeness (QED) is 0.650. The lowest BCUT2D eigenvalue weighted by molar-refractivity contribution is 0.485. The summed E-state index contributed by atoms with van der Waals surface area (Å²) < 4.78 is 0. The summed E-state index contributed by atoms with van der Waals surface area (Å²) in [5.74, 6) is 0. The van der Waals surface area contributed by atoms with Gasteiger partial charge in [0, 0.05) is 5.56 Å². The van der Waals surface area contributed by atoms with E-state index < -0.39 is 0 Å². The van der Waals surface area contributed by atoms with Gasteiger partial charge < -0.3 is 0 Å². The van der Waals surface area contributed by atoms with Gasteiger partial charge in [0.2, 0.25) is 0 Å². The Kier molecular flexibility index (Phi) is 2.87. The Morgan fingerprint density at radius 3 is 2.73 bits per heavy atom. The third-order valence-electron chi connectivity index (χ3n) is 2.85. The number of nitrogens with zero attached hydrogens (tertiary/aromatic N) is 1. The summed E-state index contributed by atoms with van der Waals surface area (Å²) in [6, 6.07) is 8.63. The van der Waals surface area contributed by atoms with E-state index in [1.165, 1.54) is 16.2 Å². The maximum absolute atomic E-state index is 4.85. The Morgan fingerprint density at radius 2 is 2.00 bits per heavy atom. The number of hydrogen-bond acceptors (Lipinski definition) is 2. The van der Waals surface area contributed by atoms with Gasteiger partial charge in [0.05, 0.1) is 10.6 Å². The minimum atomic E-state index is 0.0807. The molecule has 0 bridgehead atoms. The van der Waals surface area contributed by atoms with E-state index in [2.05, 4.69) is 44.4 Å². The van der Waals surface area contributed by atoms with Crippen molar-refractivity contribution in [3.63, 3.8) is 0 Å². The smallest absolute Gasteiger partial charge is 0.0983 e. The van der Waals surface area contributed by atoms with Crippen LogP contribution in [-0.2, 0) is 6.42 Å². The first kappa shape index (κ1) is 10.7. The summed E-state index contributed by atoms with van der Waals surface area (Å²) in [4.78, 5) is 4.85. The molecular formula is C13H17NS. The minimum Gasteiger partial charge on any atom is -0.272 e. The second-order valence-electron chi connectivity index (χ2n) is 4.59. The van der Waals surface area contributed by atoms with Crippen LogP contribution in [0.3, 0.4) is 0 Å². The summed E-state index contributed by atoms with van der Waals surface area (Å²) >= 11 is 1.75.